The first-order valence-electron chi connectivity index (χ1n) is 7.88. The van der Waals surface area contributed by atoms with Crippen LogP contribution in [0.15, 0.2) is 30.3 Å². The van der Waals surface area contributed by atoms with Gasteiger partial charge in [0.2, 0.25) is 5.91 Å². The minimum absolute atomic E-state index is 0.0309. The number of alkyl carbamates (subject to hydrolysis) is 1. The van der Waals surface area contributed by atoms with Gasteiger partial charge in [-0.3, -0.25) is 4.79 Å². The lowest BCUT2D eigenvalue weighted by Crippen LogP contribution is -2.54. The number of carbonyl (C=O) groups is 2. The van der Waals surface area contributed by atoms with Crippen molar-refractivity contribution in [2.45, 2.75) is 52.8 Å². The molecule has 5 heteroatoms. The van der Waals surface area contributed by atoms with E-state index in [-0.39, 0.29) is 24.0 Å². The van der Waals surface area contributed by atoms with Crippen LogP contribution in [0.2, 0.25) is 0 Å². The summed E-state index contributed by atoms with van der Waals surface area (Å²) in [5.74, 6) is -0.152. The molecule has 5 nitrogen and oxygen atoms in total. The van der Waals surface area contributed by atoms with Gasteiger partial charge in [0.1, 0.15) is 12.6 Å². The zero-order chi connectivity index (χ0) is 17.6. The molecule has 0 saturated carbocycles. The number of amides is 2. The summed E-state index contributed by atoms with van der Waals surface area (Å²) in [6, 6.07) is 8.82. The van der Waals surface area contributed by atoms with Crippen LogP contribution in [0.3, 0.4) is 0 Å². The Morgan fingerprint density at radius 2 is 1.74 bits per heavy atom. The van der Waals surface area contributed by atoms with Gasteiger partial charge in [-0.15, -0.1) is 0 Å². The maximum Gasteiger partial charge on any atom is 0.408 e. The second-order valence-electron chi connectivity index (χ2n) is 7.00. The quantitative estimate of drug-likeness (QED) is 0.906. The number of ether oxygens (including phenoxy) is 1. The monoisotopic (exact) mass is 320 g/mol. The molecule has 1 aromatic rings. The van der Waals surface area contributed by atoms with Crippen LogP contribution in [0.25, 0.3) is 0 Å². The zero-order valence-corrected chi connectivity index (χ0v) is 14.9. The van der Waals surface area contributed by atoms with Gasteiger partial charge in [-0.05, 0) is 32.3 Å². The lowest BCUT2D eigenvalue weighted by molar-refractivity contribution is -0.137. The van der Waals surface area contributed by atoms with Crippen molar-refractivity contribution in [1.82, 2.24) is 10.2 Å². The molecule has 0 fully saturated rings. The van der Waals surface area contributed by atoms with E-state index >= 15 is 0 Å². The Balaban J connectivity index is 2.65. The van der Waals surface area contributed by atoms with Crippen molar-refractivity contribution < 1.29 is 14.3 Å². The number of nitrogens with zero attached hydrogens (tertiary/aromatic N) is 1. The van der Waals surface area contributed by atoms with E-state index in [1.165, 1.54) is 0 Å². The average Bonchev–Trinajstić information content (AvgIpc) is 2.49. The summed E-state index contributed by atoms with van der Waals surface area (Å²) in [6.45, 7) is 9.84. The highest BCUT2D eigenvalue weighted by molar-refractivity contribution is 5.86. The van der Waals surface area contributed by atoms with Crippen LogP contribution in [-0.4, -0.2) is 35.5 Å². The summed E-state index contributed by atoms with van der Waals surface area (Å²) in [7, 11) is 1.74. The van der Waals surface area contributed by atoms with Crippen LogP contribution in [0.1, 0.15) is 40.2 Å². The van der Waals surface area contributed by atoms with Crippen LogP contribution in [0.4, 0.5) is 4.79 Å². The molecule has 0 aliphatic heterocycles. The molecule has 1 aromatic carbocycles. The third-order valence-corrected chi connectivity index (χ3v) is 3.76. The predicted octanol–water partition coefficient (Wildman–Crippen LogP) is 3.19. The average molecular weight is 320 g/mol. The van der Waals surface area contributed by atoms with E-state index < -0.39 is 12.1 Å². The van der Waals surface area contributed by atoms with E-state index in [1.807, 2.05) is 65.0 Å². The van der Waals surface area contributed by atoms with E-state index in [0.29, 0.717) is 0 Å². The number of nitrogens with one attached hydrogen (secondary N) is 1. The third-order valence-electron chi connectivity index (χ3n) is 3.76. The van der Waals surface area contributed by atoms with Gasteiger partial charge in [-0.25, -0.2) is 4.79 Å². The minimum atomic E-state index is -0.609. The van der Waals surface area contributed by atoms with Gasteiger partial charge in [0.05, 0.1) is 0 Å². The summed E-state index contributed by atoms with van der Waals surface area (Å²) in [5.41, 5.74) is 0.599. The van der Waals surface area contributed by atoms with Gasteiger partial charge in [0, 0.05) is 12.6 Å². The van der Waals surface area contributed by atoms with Gasteiger partial charge in [0.15, 0.2) is 0 Å². The maximum atomic E-state index is 12.6. The molecule has 0 radical (unpaired) electrons. The molecule has 23 heavy (non-hydrogen) atoms. The standard InChI is InChI=1S/C18H28N2O3/c1-13(2)15(16(21)20(6)18(3,4)5)19-17(22)23-12-14-10-8-7-9-11-14/h7-11,13,15H,12H2,1-6H3,(H,19,22)/t15-/m1/s1. The second kappa shape index (κ2) is 7.99. The van der Waals surface area contributed by atoms with Crippen molar-refractivity contribution >= 4 is 12.0 Å². The smallest absolute Gasteiger partial charge is 0.408 e. The summed E-state index contributed by atoms with van der Waals surface area (Å²) >= 11 is 0. The first-order valence-corrected chi connectivity index (χ1v) is 7.88. The number of carbonyl (C=O) groups excluding carboxylic acids is 2. The molecule has 0 aromatic heterocycles. The molecule has 1 rings (SSSR count). The van der Waals surface area contributed by atoms with Crippen molar-refractivity contribution in [2.75, 3.05) is 7.05 Å². The molecule has 0 bridgehead atoms. The van der Waals surface area contributed by atoms with Crippen LogP contribution < -0.4 is 5.32 Å². The highest BCUT2D eigenvalue weighted by Crippen LogP contribution is 2.15. The molecule has 0 aliphatic rings. The Labute approximate surface area is 139 Å². The molecule has 0 aliphatic carbocycles. The molecule has 128 valence electrons. The van der Waals surface area contributed by atoms with E-state index in [4.69, 9.17) is 4.74 Å². The van der Waals surface area contributed by atoms with E-state index in [9.17, 15) is 9.59 Å². The highest BCUT2D eigenvalue weighted by atomic mass is 16.5. The van der Waals surface area contributed by atoms with Crippen molar-refractivity contribution in [3.63, 3.8) is 0 Å². The molecular formula is C18H28N2O3. The second-order valence-corrected chi connectivity index (χ2v) is 7.00. The van der Waals surface area contributed by atoms with Gasteiger partial charge < -0.3 is 15.0 Å². The summed E-state index contributed by atoms with van der Waals surface area (Å²) < 4.78 is 5.20. The molecule has 0 spiro atoms. The van der Waals surface area contributed by atoms with Gasteiger partial charge in [-0.2, -0.15) is 0 Å². The highest BCUT2D eigenvalue weighted by Gasteiger charge is 2.32. The van der Waals surface area contributed by atoms with E-state index in [2.05, 4.69) is 5.32 Å². The van der Waals surface area contributed by atoms with Gasteiger partial charge in [0.25, 0.3) is 0 Å². The van der Waals surface area contributed by atoms with E-state index in [0.717, 1.165) is 5.56 Å². The van der Waals surface area contributed by atoms with E-state index in [1.54, 1.807) is 11.9 Å². The number of hydrogen-bond donors (Lipinski definition) is 1. The number of rotatable bonds is 5. The topological polar surface area (TPSA) is 58.6 Å². The number of hydrogen-bond acceptors (Lipinski definition) is 3. The van der Waals surface area contributed by atoms with Crippen LogP contribution in [0, 0.1) is 5.92 Å². The SMILES string of the molecule is CC(C)[C@@H](NC(=O)OCc1ccccc1)C(=O)N(C)C(C)(C)C. The van der Waals surface area contributed by atoms with Gasteiger partial charge in [-0.1, -0.05) is 44.2 Å². The van der Waals surface area contributed by atoms with Crippen LogP contribution >= 0.6 is 0 Å². The fourth-order valence-corrected chi connectivity index (χ4v) is 1.94. The Kier molecular flexibility index (Phi) is 6.61. The fourth-order valence-electron chi connectivity index (χ4n) is 1.94. The minimum Gasteiger partial charge on any atom is -0.445 e. The molecule has 0 unspecified atom stereocenters. The molecule has 1 atom stereocenters. The Hall–Kier alpha value is -2.04. The van der Waals surface area contributed by atoms with Crippen molar-refractivity contribution in [1.29, 1.82) is 0 Å². The lowest BCUT2D eigenvalue weighted by atomic mass is 9.99. The lowest BCUT2D eigenvalue weighted by Gasteiger charge is -2.36. The van der Waals surface area contributed by atoms with Crippen LogP contribution in [0.5, 0.6) is 0 Å². The largest absolute Gasteiger partial charge is 0.445 e. The molecule has 1 N–H and O–H groups in total. The summed E-state index contributed by atoms with van der Waals surface area (Å²) in [6.07, 6.45) is -0.580. The van der Waals surface area contributed by atoms with Crippen molar-refractivity contribution in [3.8, 4) is 0 Å². The molecular weight excluding hydrogens is 292 g/mol. The fraction of sp³-hybridized carbons (Fsp3) is 0.556. The molecule has 0 saturated heterocycles. The third kappa shape index (κ3) is 5.93. The summed E-state index contributed by atoms with van der Waals surface area (Å²) in [4.78, 5) is 26.2. The molecule has 0 heterocycles. The normalized spacial score (nSPS) is 12.7. The van der Waals surface area contributed by atoms with Crippen molar-refractivity contribution in [3.05, 3.63) is 35.9 Å². The van der Waals surface area contributed by atoms with Gasteiger partial charge >= 0.3 is 6.09 Å². The Morgan fingerprint density at radius 1 is 1.17 bits per heavy atom. The van der Waals surface area contributed by atoms with Crippen LogP contribution in [-0.2, 0) is 16.1 Å². The summed E-state index contributed by atoms with van der Waals surface area (Å²) in [5, 5.41) is 2.69. The Morgan fingerprint density at radius 3 is 2.22 bits per heavy atom. The zero-order valence-electron chi connectivity index (χ0n) is 14.9. The first-order chi connectivity index (χ1) is 10.6. The molecule has 2 amide bonds. The number of benzene rings is 1. The predicted molar refractivity (Wildman–Crippen MR) is 90.9 cm³/mol. The maximum absolute atomic E-state index is 12.6. The van der Waals surface area contributed by atoms with Crippen molar-refractivity contribution in [2.24, 2.45) is 5.92 Å². The Bertz CT molecular complexity index is 521. The first kappa shape index (κ1) is 19.0. The number of likely N-dealkylation sites (N-methyl/N-ethyl adjacent to an activating group) is 1.